The van der Waals surface area contributed by atoms with Gasteiger partial charge in [0.1, 0.15) is 5.75 Å². The Kier molecular flexibility index (Phi) is 8.22. The van der Waals surface area contributed by atoms with Gasteiger partial charge in [0.2, 0.25) is 5.28 Å². The Morgan fingerprint density at radius 1 is 1.00 bits per heavy atom. The minimum absolute atomic E-state index is 0.0184. The minimum Gasteiger partial charge on any atom is -0.406 e. The molecule has 0 saturated carbocycles. The van der Waals surface area contributed by atoms with Crippen molar-refractivity contribution in [1.82, 2.24) is 9.55 Å². The molecule has 0 aliphatic rings. The van der Waals surface area contributed by atoms with Gasteiger partial charge in [-0.1, -0.05) is 18.2 Å². The summed E-state index contributed by atoms with van der Waals surface area (Å²) in [4.78, 5) is 3.39. The number of nitrogens with zero attached hydrogens (tertiary/aromatic N) is 3. The van der Waals surface area contributed by atoms with Crippen LogP contribution >= 0.6 is 11.6 Å². The van der Waals surface area contributed by atoms with Crippen molar-refractivity contribution in [3.63, 3.8) is 0 Å². The van der Waals surface area contributed by atoms with Crippen molar-refractivity contribution in [1.29, 1.82) is 0 Å². The molecule has 0 atom stereocenters. The molecule has 4 rings (SSSR count). The lowest BCUT2D eigenvalue weighted by molar-refractivity contribution is -0.274. The Labute approximate surface area is 240 Å². The predicted molar refractivity (Wildman–Crippen MR) is 144 cm³/mol. The quantitative estimate of drug-likeness (QED) is 0.143. The molecule has 16 heteroatoms. The molecule has 4 aromatic rings. The van der Waals surface area contributed by atoms with Crippen LogP contribution in [0, 0.1) is 0 Å². The lowest BCUT2D eigenvalue weighted by Gasteiger charge is -2.26. The van der Waals surface area contributed by atoms with Crippen LogP contribution in [0.2, 0.25) is 5.28 Å². The number of hydrazine groups is 1. The molecule has 0 aliphatic carbocycles. The van der Waals surface area contributed by atoms with E-state index in [-0.39, 0.29) is 27.5 Å². The van der Waals surface area contributed by atoms with Crippen LogP contribution in [0.3, 0.4) is 0 Å². The van der Waals surface area contributed by atoms with Crippen molar-refractivity contribution >= 4 is 32.8 Å². The second-order valence-corrected chi connectivity index (χ2v) is 11.1. The van der Waals surface area contributed by atoms with Crippen LogP contribution in [0.1, 0.15) is 11.3 Å². The highest BCUT2D eigenvalue weighted by atomic mass is 35.5. The molecule has 0 unspecified atom stereocenters. The third-order valence-electron chi connectivity index (χ3n) is 5.84. The summed E-state index contributed by atoms with van der Waals surface area (Å²) in [5.74, 6) is 5.92. The third-order valence-corrected chi connectivity index (χ3v) is 7.22. The number of nitrogens with two attached hydrogens (primary N) is 2. The fourth-order valence-corrected chi connectivity index (χ4v) is 4.84. The smallest absolute Gasteiger partial charge is 0.406 e. The fraction of sp³-hybridized carbons (Fsp3) is 0.115. The lowest BCUT2D eigenvalue weighted by Crippen LogP contribution is -2.31. The summed E-state index contributed by atoms with van der Waals surface area (Å²) in [7, 11) is -3.57. The molecule has 8 nitrogen and oxygen atoms in total. The molecule has 0 bridgehead atoms. The van der Waals surface area contributed by atoms with E-state index in [4.69, 9.17) is 23.2 Å². The van der Waals surface area contributed by atoms with Crippen LogP contribution in [0.25, 0.3) is 22.5 Å². The number of aromatic nitrogens is 2. The average Bonchev–Trinajstić information content (AvgIpc) is 3.30. The molecule has 1 aromatic heterocycles. The summed E-state index contributed by atoms with van der Waals surface area (Å²) in [6.45, 7) is 0. The van der Waals surface area contributed by atoms with Crippen molar-refractivity contribution in [2.24, 2.45) is 11.6 Å². The molecule has 0 spiro atoms. The molecule has 42 heavy (non-hydrogen) atoms. The van der Waals surface area contributed by atoms with Crippen molar-refractivity contribution < 1.29 is 39.5 Å². The minimum atomic E-state index is -4.92. The highest BCUT2D eigenvalue weighted by Crippen LogP contribution is 2.37. The van der Waals surface area contributed by atoms with Gasteiger partial charge in [-0.3, -0.25) is 9.58 Å². The summed E-state index contributed by atoms with van der Waals surface area (Å²) in [5.41, 5.74) is 5.68. The molecule has 0 aliphatic heterocycles. The van der Waals surface area contributed by atoms with Gasteiger partial charge in [-0.15, -0.1) is 13.2 Å². The molecule has 3 aromatic carbocycles. The topological polar surface area (TPSA) is 116 Å². The van der Waals surface area contributed by atoms with E-state index in [0.717, 1.165) is 34.2 Å². The maximum Gasteiger partial charge on any atom is 0.573 e. The van der Waals surface area contributed by atoms with Crippen molar-refractivity contribution in [3.05, 3.63) is 95.7 Å². The van der Waals surface area contributed by atoms with E-state index < -0.39 is 39.1 Å². The highest BCUT2D eigenvalue weighted by Gasteiger charge is 2.35. The summed E-state index contributed by atoms with van der Waals surface area (Å²) in [6, 6.07) is 14.8. The SMILES string of the molecule is CS(=O)(=O)c1cccc(-c2ccc(-n3cc(C(F)(F)F)nc3Cl)c(N(N)/C(=C\N)c3ccc(OC(F)(F)F)cc3)c2)c1. The van der Waals surface area contributed by atoms with E-state index >= 15 is 0 Å². The maximum atomic E-state index is 13.4. The zero-order valence-electron chi connectivity index (χ0n) is 21.3. The van der Waals surface area contributed by atoms with E-state index in [2.05, 4.69) is 9.72 Å². The van der Waals surface area contributed by atoms with Gasteiger partial charge in [-0.25, -0.2) is 19.2 Å². The van der Waals surface area contributed by atoms with Crippen molar-refractivity contribution in [2.75, 3.05) is 11.3 Å². The van der Waals surface area contributed by atoms with Crippen LogP contribution in [0.15, 0.2) is 84.0 Å². The standard InChI is InChI=1S/C26H20ClF6N5O3S/c1-42(39,40)19-4-2-3-16(11-19)17-7-10-20(37-14-23(25(28,29)30)36-24(37)27)21(12-17)38(35)22(13-34)15-5-8-18(9-6-15)41-26(31,32)33/h2-14H,34-35H2,1H3/b22-13-. The zero-order valence-corrected chi connectivity index (χ0v) is 22.9. The number of anilines is 1. The number of rotatable bonds is 7. The van der Waals surface area contributed by atoms with Gasteiger partial charge in [0.25, 0.3) is 0 Å². The number of sulfone groups is 1. The van der Waals surface area contributed by atoms with Crippen molar-refractivity contribution in [3.8, 4) is 22.6 Å². The first-order chi connectivity index (χ1) is 19.5. The zero-order chi connectivity index (χ0) is 31.0. The first-order valence-corrected chi connectivity index (χ1v) is 13.8. The molecule has 1 heterocycles. The van der Waals surface area contributed by atoms with Gasteiger partial charge in [0.15, 0.2) is 15.5 Å². The Morgan fingerprint density at radius 3 is 2.19 bits per heavy atom. The number of benzene rings is 3. The van der Waals surface area contributed by atoms with Gasteiger partial charge in [-0.05, 0) is 71.3 Å². The maximum absolute atomic E-state index is 13.4. The van der Waals surface area contributed by atoms with Crippen LogP contribution in [0.4, 0.5) is 32.0 Å². The van der Waals surface area contributed by atoms with Crippen LogP contribution in [-0.4, -0.2) is 30.6 Å². The second kappa shape index (κ2) is 11.2. The van der Waals surface area contributed by atoms with E-state index in [1.807, 2.05) is 0 Å². The van der Waals surface area contributed by atoms with Gasteiger partial charge in [0.05, 0.1) is 22.0 Å². The average molecular weight is 632 g/mol. The summed E-state index contributed by atoms with van der Waals surface area (Å²) < 4.78 is 107. The van der Waals surface area contributed by atoms with E-state index in [1.165, 1.54) is 48.5 Å². The van der Waals surface area contributed by atoms with Crippen molar-refractivity contribution in [2.45, 2.75) is 17.4 Å². The number of alkyl halides is 6. The van der Waals surface area contributed by atoms with Crippen LogP contribution in [0.5, 0.6) is 5.75 Å². The van der Waals surface area contributed by atoms with Gasteiger partial charge in [-0.2, -0.15) is 13.2 Å². The molecule has 0 saturated heterocycles. The molecule has 0 radical (unpaired) electrons. The monoisotopic (exact) mass is 631 g/mol. The largest absolute Gasteiger partial charge is 0.573 e. The summed E-state index contributed by atoms with van der Waals surface area (Å²) in [5, 5.41) is 0.443. The second-order valence-electron chi connectivity index (χ2n) is 8.76. The van der Waals surface area contributed by atoms with Gasteiger partial charge < -0.3 is 10.5 Å². The normalized spacial score (nSPS) is 12.8. The predicted octanol–water partition coefficient (Wildman–Crippen LogP) is 6.15. The molecular formula is C26H20ClF6N5O3S. The molecule has 222 valence electrons. The summed E-state index contributed by atoms with van der Waals surface area (Å²) in [6.07, 6.45) is -7.00. The van der Waals surface area contributed by atoms with Gasteiger partial charge in [0, 0.05) is 24.2 Å². The first kappa shape index (κ1) is 30.7. The number of halogens is 7. The lowest BCUT2D eigenvalue weighted by atomic mass is 10.0. The van der Waals surface area contributed by atoms with E-state index in [0.29, 0.717) is 17.3 Å². The van der Waals surface area contributed by atoms with Crippen LogP contribution < -0.4 is 21.3 Å². The van der Waals surface area contributed by atoms with E-state index in [9.17, 15) is 34.8 Å². The highest BCUT2D eigenvalue weighted by molar-refractivity contribution is 7.90. The third kappa shape index (κ3) is 6.80. The Bertz CT molecular complexity index is 1750. The molecule has 0 fully saturated rings. The van der Waals surface area contributed by atoms with Crippen LogP contribution in [-0.2, 0) is 16.0 Å². The van der Waals surface area contributed by atoms with Gasteiger partial charge >= 0.3 is 12.5 Å². The Morgan fingerprint density at radius 2 is 1.64 bits per heavy atom. The number of imidazole rings is 1. The first-order valence-electron chi connectivity index (χ1n) is 11.6. The fourth-order valence-electron chi connectivity index (χ4n) is 3.94. The number of hydrogen-bond donors (Lipinski definition) is 2. The van der Waals surface area contributed by atoms with E-state index in [1.54, 1.807) is 6.07 Å². The Balaban J connectivity index is 1.87. The number of hydrogen-bond acceptors (Lipinski definition) is 7. The summed E-state index contributed by atoms with van der Waals surface area (Å²) >= 11 is 6.07. The molecular weight excluding hydrogens is 612 g/mol. The molecule has 4 N–H and O–H groups in total. The number of ether oxygens (including phenoxy) is 1. The Hall–Kier alpha value is -4.21. The molecule has 0 amide bonds.